The van der Waals surface area contributed by atoms with E-state index in [0.717, 1.165) is 16.7 Å². The van der Waals surface area contributed by atoms with Gasteiger partial charge >= 0.3 is 5.97 Å². The van der Waals surface area contributed by atoms with Crippen molar-refractivity contribution in [3.63, 3.8) is 0 Å². The second-order valence-corrected chi connectivity index (χ2v) is 5.19. The molecule has 2 aromatic rings. The monoisotopic (exact) mass is 261 g/mol. The first-order valence-electron chi connectivity index (χ1n) is 6.41. The van der Waals surface area contributed by atoms with E-state index in [1.54, 1.807) is 6.26 Å². The third-order valence-electron chi connectivity index (χ3n) is 3.46. The molecule has 0 aliphatic carbocycles. The third kappa shape index (κ3) is 2.72. The van der Waals surface area contributed by atoms with E-state index in [0.29, 0.717) is 6.54 Å². The number of carboxylic acids is 1. The molecule has 1 aromatic carbocycles. The van der Waals surface area contributed by atoms with Gasteiger partial charge in [0.25, 0.3) is 0 Å². The summed E-state index contributed by atoms with van der Waals surface area (Å²) in [5, 5.41) is 10.3. The SMILES string of the molecule is CC(C)C(CN(C)c1coc2ccccc12)C(=O)O. The maximum Gasteiger partial charge on any atom is 0.308 e. The van der Waals surface area contributed by atoms with Crippen LogP contribution in [0.1, 0.15) is 13.8 Å². The van der Waals surface area contributed by atoms with Crippen LogP contribution in [0, 0.1) is 11.8 Å². The van der Waals surface area contributed by atoms with Gasteiger partial charge in [-0.05, 0) is 18.1 Å². The smallest absolute Gasteiger partial charge is 0.308 e. The van der Waals surface area contributed by atoms with Crippen LogP contribution in [0.2, 0.25) is 0 Å². The summed E-state index contributed by atoms with van der Waals surface area (Å²) in [5.74, 6) is -1.05. The average Bonchev–Trinajstić information content (AvgIpc) is 2.78. The first-order chi connectivity index (χ1) is 9.00. The zero-order chi connectivity index (χ0) is 14.0. The maximum absolute atomic E-state index is 11.3. The highest BCUT2D eigenvalue weighted by molar-refractivity contribution is 5.91. The third-order valence-corrected chi connectivity index (χ3v) is 3.46. The van der Waals surface area contributed by atoms with Crippen LogP contribution in [0.25, 0.3) is 11.0 Å². The van der Waals surface area contributed by atoms with Gasteiger partial charge in [-0.2, -0.15) is 0 Å². The van der Waals surface area contributed by atoms with E-state index in [9.17, 15) is 9.90 Å². The van der Waals surface area contributed by atoms with Crippen molar-refractivity contribution in [3.8, 4) is 0 Å². The number of benzene rings is 1. The Balaban J connectivity index is 2.24. The highest BCUT2D eigenvalue weighted by atomic mass is 16.4. The van der Waals surface area contributed by atoms with Gasteiger partial charge in [-0.1, -0.05) is 26.0 Å². The van der Waals surface area contributed by atoms with Gasteiger partial charge in [0.2, 0.25) is 0 Å². The Morgan fingerprint density at radius 1 is 1.37 bits per heavy atom. The highest BCUT2D eigenvalue weighted by Gasteiger charge is 2.24. The predicted octanol–water partition coefficient (Wildman–Crippen LogP) is 3.23. The number of anilines is 1. The van der Waals surface area contributed by atoms with Crippen molar-refractivity contribution in [3.05, 3.63) is 30.5 Å². The molecule has 0 amide bonds. The number of hydrogen-bond donors (Lipinski definition) is 1. The van der Waals surface area contributed by atoms with E-state index in [4.69, 9.17) is 4.42 Å². The molecule has 0 spiro atoms. The van der Waals surface area contributed by atoms with E-state index in [-0.39, 0.29) is 5.92 Å². The van der Waals surface area contributed by atoms with Gasteiger partial charge in [0.05, 0.1) is 11.6 Å². The first kappa shape index (κ1) is 13.5. The Hall–Kier alpha value is -1.97. The molecule has 0 saturated carbocycles. The van der Waals surface area contributed by atoms with Crippen LogP contribution >= 0.6 is 0 Å². The summed E-state index contributed by atoms with van der Waals surface area (Å²) in [7, 11) is 1.90. The Labute approximate surface area is 112 Å². The fourth-order valence-corrected chi connectivity index (χ4v) is 2.23. The Morgan fingerprint density at radius 3 is 2.68 bits per heavy atom. The topological polar surface area (TPSA) is 53.7 Å². The van der Waals surface area contributed by atoms with E-state index in [1.807, 2.05) is 50.1 Å². The standard InChI is InChI=1S/C15H19NO3/c1-10(2)12(15(17)18)8-16(3)13-9-19-14-7-5-4-6-11(13)14/h4-7,9-10,12H,8H2,1-3H3,(H,17,18). The van der Waals surface area contributed by atoms with Crippen LogP contribution in [0.4, 0.5) is 5.69 Å². The second kappa shape index (κ2) is 5.34. The summed E-state index contributed by atoms with van der Waals surface area (Å²) >= 11 is 0. The van der Waals surface area contributed by atoms with Gasteiger partial charge in [-0.25, -0.2) is 0 Å². The van der Waals surface area contributed by atoms with Gasteiger partial charge < -0.3 is 14.4 Å². The Bertz CT molecular complexity index is 574. The fraction of sp³-hybridized carbons (Fsp3) is 0.400. The van der Waals surface area contributed by atoms with Crippen LogP contribution in [0.15, 0.2) is 34.9 Å². The van der Waals surface area contributed by atoms with E-state index >= 15 is 0 Å². The van der Waals surface area contributed by atoms with Crippen molar-refractivity contribution in [2.75, 3.05) is 18.5 Å². The molecule has 0 aliphatic heterocycles. The lowest BCUT2D eigenvalue weighted by Crippen LogP contribution is -2.33. The molecule has 1 aromatic heterocycles. The normalized spacial score (nSPS) is 12.8. The fourth-order valence-electron chi connectivity index (χ4n) is 2.23. The summed E-state index contributed by atoms with van der Waals surface area (Å²) in [6.45, 7) is 4.33. The van der Waals surface area contributed by atoms with Crippen molar-refractivity contribution < 1.29 is 14.3 Å². The van der Waals surface area contributed by atoms with Crippen LogP contribution in [-0.4, -0.2) is 24.7 Å². The van der Waals surface area contributed by atoms with Crippen molar-refractivity contribution in [1.29, 1.82) is 0 Å². The van der Waals surface area contributed by atoms with Crippen LogP contribution in [0.3, 0.4) is 0 Å². The molecule has 1 N–H and O–H groups in total. The van der Waals surface area contributed by atoms with E-state index < -0.39 is 11.9 Å². The van der Waals surface area contributed by atoms with Crippen LogP contribution in [0.5, 0.6) is 0 Å². The molecule has 2 rings (SSSR count). The van der Waals surface area contributed by atoms with Gasteiger partial charge in [-0.15, -0.1) is 0 Å². The summed E-state index contributed by atoms with van der Waals surface area (Å²) in [4.78, 5) is 13.2. The maximum atomic E-state index is 11.3. The van der Waals surface area contributed by atoms with E-state index in [2.05, 4.69) is 0 Å². The van der Waals surface area contributed by atoms with Gasteiger partial charge in [0, 0.05) is 19.0 Å². The lowest BCUT2D eigenvalue weighted by atomic mass is 9.95. The second-order valence-electron chi connectivity index (χ2n) is 5.19. The zero-order valence-electron chi connectivity index (χ0n) is 11.5. The first-order valence-corrected chi connectivity index (χ1v) is 6.41. The molecular weight excluding hydrogens is 242 g/mol. The molecule has 0 aliphatic rings. The molecule has 4 nitrogen and oxygen atoms in total. The molecule has 4 heteroatoms. The number of hydrogen-bond acceptors (Lipinski definition) is 3. The van der Waals surface area contributed by atoms with Crippen molar-refractivity contribution in [1.82, 2.24) is 0 Å². The molecule has 19 heavy (non-hydrogen) atoms. The van der Waals surface area contributed by atoms with Gasteiger partial charge in [0.1, 0.15) is 11.8 Å². The lowest BCUT2D eigenvalue weighted by molar-refractivity contribution is -0.142. The number of furan rings is 1. The number of fused-ring (bicyclic) bond motifs is 1. The minimum Gasteiger partial charge on any atom is -0.481 e. The number of nitrogens with zero attached hydrogens (tertiary/aromatic N) is 1. The molecule has 0 fully saturated rings. The molecule has 0 bridgehead atoms. The van der Waals surface area contributed by atoms with Crippen LogP contribution < -0.4 is 4.90 Å². The molecule has 1 unspecified atom stereocenters. The molecule has 0 saturated heterocycles. The zero-order valence-corrected chi connectivity index (χ0v) is 11.5. The number of carboxylic acid groups (broad SMARTS) is 1. The molecular formula is C15H19NO3. The van der Waals surface area contributed by atoms with E-state index in [1.165, 1.54) is 0 Å². The predicted molar refractivity (Wildman–Crippen MR) is 75.4 cm³/mol. The average molecular weight is 261 g/mol. The highest BCUT2D eigenvalue weighted by Crippen LogP contribution is 2.29. The number of para-hydroxylation sites is 1. The summed E-state index contributed by atoms with van der Waals surface area (Å²) in [6, 6.07) is 7.76. The molecule has 0 radical (unpaired) electrons. The molecule has 1 atom stereocenters. The Morgan fingerprint density at radius 2 is 2.05 bits per heavy atom. The van der Waals surface area contributed by atoms with Crippen molar-refractivity contribution in [2.45, 2.75) is 13.8 Å². The van der Waals surface area contributed by atoms with Crippen LogP contribution in [-0.2, 0) is 4.79 Å². The van der Waals surface area contributed by atoms with Crippen molar-refractivity contribution in [2.24, 2.45) is 11.8 Å². The minimum absolute atomic E-state index is 0.0955. The quantitative estimate of drug-likeness (QED) is 0.897. The summed E-state index contributed by atoms with van der Waals surface area (Å²) in [6.07, 6.45) is 1.68. The molecule has 102 valence electrons. The number of carbonyl (C=O) groups is 1. The van der Waals surface area contributed by atoms with Gasteiger partial charge in [-0.3, -0.25) is 4.79 Å². The Kier molecular flexibility index (Phi) is 3.79. The number of aliphatic carboxylic acids is 1. The minimum atomic E-state index is -0.755. The lowest BCUT2D eigenvalue weighted by Gasteiger charge is -2.24. The summed E-state index contributed by atoms with van der Waals surface area (Å²) < 4.78 is 5.48. The van der Waals surface area contributed by atoms with Crippen molar-refractivity contribution >= 4 is 22.6 Å². The molecule has 1 heterocycles. The summed E-state index contributed by atoms with van der Waals surface area (Å²) in [5.41, 5.74) is 1.75. The number of rotatable bonds is 5. The van der Waals surface area contributed by atoms with Gasteiger partial charge in [0.15, 0.2) is 0 Å². The largest absolute Gasteiger partial charge is 0.481 e.